The van der Waals surface area contributed by atoms with E-state index in [1.165, 1.54) is 31.1 Å². The normalized spacial score (nSPS) is 12.9. The molecule has 5 heteroatoms. The van der Waals surface area contributed by atoms with Gasteiger partial charge in [0.2, 0.25) is 0 Å². The van der Waals surface area contributed by atoms with Crippen molar-refractivity contribution in [3.8, 4) is 0 Å². The standard InChI is InChI=1S/C24H28Br3NO/c1-3-5-9-28(10-6-4-2)15-24(29)22-14-21-20(12-17(26)13-23(21)27)19-11-16(25)7-8-18(19)22/h7-8,11-14,24,29H,3-6,9-10,15H2,1-2H3. The average Bonchev–Trinajstić information content (AvgIpc) is 2.69. The molecule has 0 spiro atoms. The summed E-state index contributed by atoms with van der Waals surface area (Å²) in [6, 6.07) is 12.7. The monoisotopic (exact) mass is 583 g/mol. The summed E-state index contributed by atoms with van der Waals surface area (Å²) in [5, 5.41) is 15.9. The largest absolute Gasteiger partial charge is 0.387 e. The van der Waals surface area contributed by atoms with Crippen LogP contribution in [0.5, 0.6) is 0 Å². The molecule has 0 saturated heterocycles. The second-order valence-corrected chi connectivity index (χ2v) is 10.3. The van der Waals surface area contributed by atoms with Gasteiger partial charge in [0.25, 0.3) is 0 Å². The van der Waals surface area contributed by atoms with Crippen LogP contribution >= 0.6 is 47.8 Å². The van der Waals surface area contributed by atoms with Crippen LogP contribution in [0.15, 0.2) is 49.8 Å². The lowest BCUT2D eigenvalue weighted by atomic mass is 9.94. The number of fused-ring (bicyclic) bond motifs is 3. The van der Waals surface area contributed by atoms with E-state index in [1.807, 2.05) is 0 Å². The van der Waals surface area contributed by atoms with Crippen molar-refractivity contribution in [1.82, 2.24) is 4.90 Å². The third-order valence-electron chi connectivity index (χ3n) is 5.42. The Morgan fingerprint density at radius 3 is 2.07 bits per heavy atom. The van der Waals surface area contributed by atoms with Crippen LogP contribution in [0.2, 0.25) is 0 Å². The highest BCUT2D eigenvalue weighted by atomic mass is 79.9. The minimum Gasteiger partial charge on any atom is -0.387 e. The van der Waals surface area contributed by atoms with Gasteiger partial charge in [-0.15, -0.1) is 0 Å². The minimum atomic E-state index is -0.521. The summed E-state index contributed by atoms with van der Waals surface area (Å²) in [5.74, 6) is 0. The summed E-state index contributed by atoms with van der Waals surface area (Å²) >= 11 is 11.0. The average molecular weight is 586 g/mol. The van der Waals surface area contributed by atoms with Crippen LogP contribution in [0.4, 0.5) is 0 Å². The third-order valence-corrected chi connectivity index (χ3v) is 7.03. The first kappa shape index (κ1) is 23.2. The molecule has 29 heavy (non-hydrogen) atoms. The molecule has 156 valence electrons. The molecule has 0 aliphatic heterocycles. The number of aliphatic hydroxyl groups is 1. The van der Waals surface area contributed by atoms with Crippen LogP contribution in [-0.2, 0) is 0 Å². The SMILES string of the molecule is CCCCN(CCCC)CC(O)c1cc2c(Br)cc(Br)cc2c2cc(Br)ccc12. The van der Waals surface area contributed by atoms with Crippen molar-refractivity contribution in [2.24, 2.45) is 0 Å². The van der Waals surface area contributed by atoms with E-state index in [2.05, 4.69) is 103 Å². The summed E-state index contributed by atoms with van der Waals surface area (Å²) in [4.78, 5) is 2.42. The fourth-order valence-corrected chi connectivity index (χ4v) is 5.56. The molecule has 3 aromatic carbocycles. The molecule has 0 aliphatic carbocycles. The van der Waals surface area contributed by atoms with Crippen molar-refractivity contribution in [3.05, 3.63) is 55.4 Å². The number of unbranched alkanes of at least 4 members (excludes halogenated alkanes) is 2. The van der Waals surface area contributed by atoms with Gasteiger partial charge in [-0.3, -0.25) is 0 Å². The van der Waals surface area contributed by atoms with Crippen molar-refractivity contribution in [2.75, 3.05) is 19.6 Å². The molecular weight excluding hydrogens is 558 g/mol. The molecule has 0 radical (unpaired) electrons. The zero-order valence-electron chi connectivity index (χ0n) is 17.0. The van der Waals surface area contributed by atoms with E-state index in [0.29, 0.717) is 6.54 Å². The fraction of sp³-hybridized carbons (Fsp3) is 0.417. The molecule has 0 aromatic heterocycles. The number of hydrogen-bond donors (Lipinski definition) is 1. The number of benzene rings is 3. The van der Waals surface area contributed by atoms with Gasteiger partial charge in [-0.2, -0.15) is 0 Å². The molecule has 0 aliphatic rings. The molecule has 0 saturated carbocycles. The molecule has 0 amide bonds. The van der Waals surface area contributed by atoms with Crippen molar-refractivity contribution < 1.29 is 5.11 Å². The molecule has 2 nitrogen and oxygen atoms in total. The lowest BCUT2D eigenvalue weighted by molar-refractivity contribution is 0.112. The first-order valence-corrected chi connectivity index (χ1v) is 12.7. The van der Waals surface area contributed by atoms with Crippen LogP contribution in [0.1, 0.15) is 51.2 Å². The summed E-state index contributed by atoms with van der Waals surface area (Å²) in [6.45, 7) is 7.20. The number of nitrogens with zero attached hydrogens (tertiary/aromatic N) is 1. The molecule has 1 atom stereocenters. The molecule has 1 N–H and O–H groups in total. The smallest absolute Gasteiger partial charge is 0.0923 e. The molecule has 1 unspecified atom stereocenters. The number of aliphatic hydroxyl groups excluding tert-OH is 1. The summed E-state index contributed by atoms with van der Waals surface area (Å²) < 4.78 is 3.12. The van der Waals surface area contributed by atoms with Gasteiger partial charge in [-0.25, -0.2) is 0 Å². The van der Waals surface area contributed by atoms with Gasteiger partial charge >= 0.3 is 0 Å². The Morgan fingerprint density at radius 2 is 1.41 bits per heavy atom. The van der Waals surface area contributed by atoms with E-state index >= 15 is 0 Å². The maximum Gasteiger partial charge on any atom is 0.0923 e. The Balaban J connectivity index is 2.07. The first-order chi connectivity index (χ1) is 13.9. The number of hydrogen-bond acceptors (Lipinski definition) is 2. The van der Waals surface area contributed by atoms with Crippen molar-refractivity contribution in [1.29, 1.82) is 0 Å². The van der Waals surface area contributed by atoms with Gasteiger partial charge in [0.15, 0.2) is 0 Å². The van der Waals surface area contributed by atoms with Gasteiger partial charge in [0.1, 0.15) is 0 Å². The Morgan fingerprint density at radius 1 is 0.793 bits per heavy atom. The summed E-state index contributed by atoms with van der Waals surface area (Å²) in [5.41, 5.74) is 1.00. The zero-order chi connectivity index (χ0) is 21.0. The lowest BCUT2D eigenvalue weighted by Gasteiger charge is -2.26. The topological polar surface area (TPSA) is 23.5 Å². The van der Waals surface area contributed by atoms with Crippen LogP contribution in [0, 0.1) is 0 Å². The molecule has 3 aromatic rings. The maximum absolute atomic E-state index is 11.3. The predicted molar refractivity (Wildman–Crippen MR) is 136 cm³/mol. The Kier molecular flexibility index (Phi) is 8.58. The van der Waals surface area contributed by atoms with Crippen molar-refractivity contribution >= 4 is 69.3 Å². The second-order valence-electron chi connectivity index (χ2n) is 7.66. The highest BCUT2D eigenvalue weighted by Crippen LogP contribution is 2.38. The van der Waals surface area contributed by atoms with Crippen molar-refractivity contribution in [2.45, 2.75) is 45.6 Å². The molecule has 0 bridgehead atoms. The van der Waals surface area contributed by atoms with Gasteiger partial charge in [-0.1, -0.05) is 80.5 Å². The Labute approximate surface area is 199 Å². The Bertz CT molecular complexity index is 981. The summed E-state index contributed by atoms with van der Waals surface area (Å²) in [6.07, 6.45) is 4.16. The van der Waals surface area contributed by atoms with E-state index in [1.54, 1.807) is 0 Å². The third kappa shape index (κ3) is 5.62. The van der Waals surface area contributed by atoms with Gasteiger partial charge < -0.3 is 10.0 Å². The molecular formula is C24H28Br3NO. The van der Waals surface area contributed by atoms with Crippen LogP contribution in [0.25, 0.3) is 21.5 Å². The van der Waals surface area contributed by atoms with E-state index < -0.39 is 6.10 Å². The van der Waals surface area contributed by atoms with E-state index in [4.69, 9.17) is 0 Å². The maximum atomic E-state index is 11.3. The van der Waals surface area contributed by atoms with E-state index in [-0.39, 0.29) is 0 Å². The molecule has 0 fully saturated rings. The Hall–Kier alpha value is -0.460. The second kappa shape index (κ2) is 10.7. The van der Waals surface area contributed by atoms with Gasteiger partial charge in [0.05, 0.1) is 6.10 Å². The summed E-state index contributed by atoms with van der Waals surface area (Å²) in [7, 11) is 0. The predicted octanol–water partition coefficient (Wildman–Crippen LogP) is 8.22. The van der Waals surface area contributed by atoms with Crippen LogP contribution in [0.3, 0.4) is 0 Å². The van der Waals surface area contributed by atoms with Crippen LogP contribution < -0.4 is 0 Å². The lowest BCUT2D eigenvalue weighted by Crippen LogP contribution is -2.30. The highest BCUT2D eigenvalue weighted by Gasteiger charge is 2.18. The molecule has 0 heterocycles. The van der Waals surface area contributed by atoms with Gasteiger partial charge in [0, 0.05) is 20.0 Å². The minimum absolute atomic E-state index is 0.521. The van der Waals surface area contributed by atoms with E-state index in [9.17, 15) is 5.11 Å². The molecule has 3 rings (SSSR count). The zero-order valence-corrected chi connectivity index (χ0v) is 21.8. The van der Waals surface area contributed by atoms with E-state index in [0.717, 1.165) is 48.2 Å². The van der Waals surface area contributed by atoms with Gasteiger partial charge in [-0.05, 0) is 83.4 Å². The first-order valence-electron chi connectivity index (χ1n) is 10.4. The number of rotatable bonds is 9. The highest BCUT2D eigenvalue weighted by molar-refractivity contribution is 9.11. The fourth-order valence-electron chi connectivity index (χ4n) is 3.86. The quantitative estimate of drug-likeness (QED) is 0.256. The van der Waals surface area contributed by atoms with Crippen LogP contribution in [-0.4, -0.2) is 29.6 Å². The van der Waals surface area contributed by atoms with Crippen molar-refractivity contribution in [3.63, 3.8) is 0 Å². The number of halogens is 3.